The van der Waals surface area contributed by atoms with E-state index in [0.717, 1.165) is 46.4 Å². The van der Waals surface area contributed by atoms with Crippen molar-refractivity contribution in [3.8, 4) is 33.6 Å². The highest BCUT2D eigenvalue weighted by molar-refractivity contribution is 7.91. The number of benzene rings is 1. The van der Waals surface area contributed by atoms with Crippen molar-refractivity contribution in [2.75, 3.05) is 11.5 Å². The van der Waals surface area contributed by atoms with Crippen molar-refractivity contribution in [3.63, 3.8) is 0 Å². The zero-order valence-electron chi connectivity index (χ0n) is 16.7. The summed E-state index contributed by atoms with van der Waals surface area (Å²) < 4.78 is 15.6. The highest BCUT2D eigenvalue weighted by Crippen LogP contribution is 2.27. The van der Waals surface area contributed by atoms with Crippen LogP contribution < -0.4 is 0 Å². The van der Waals surface area contributed by atoms with Crippen LogP contribution in [0.2, 0.25) is 0 Å². The molecular formula is C22H22N6OS. The molecule has 5 rings (SSSR count). The first-order chi connectivity index (χ1) is 14.7. The fourth-order valence-electron chi connectivity index (χ4n) is 3.79. The number of aromatic nitrogens is 6. The van der Waals surface area contributed by atoms with E-state index in [-0.39, 0.29) is 6.04 Å². The van der Waals surface area contributed by atoms with Crippen molar-refractivity contribution >= 4 is 11.2 Å². The Balaban J connectivity index is 1.36. The zero-order valence-corrected chi connectivity index (χ0v) is 17.5. The van der Waals surface area contributed by atoms with Crippen LogP contribution in [0.5, 0.6) is 0 Å². The van der Waals surface area contributed by atoms with Crippen LogP contribution >= 0.6 is 0 Å². The van der Waals surface area contributed by atoms with Crippen LogP contribution in [0.1, 0.15) is 18.9 Å². The van der Waals surface area contributed by atoms with Gasteiger partial charge in [-0.1, -0.05) is 29.4 Å². The summed E-state index contributed by atoms with van der Waals surface area (Å²) in [5.41, 5.74) is 5.00. The molecule has 0 amide bonds. The number of rotatable bonds is 4. The maximum absolute atomic E-state index is 11.9. The molecule has 1 aliphatic rings. The zero-order chi connectivity index (χ0) is 20.5. The van der Waals surface area contributed by atoms with Crippen LogP contribution in [0.3, 0.4) is 0 Å². The van der Waals surface area contributed by atoms with E-state index >= 15 is 0 Å². The molecule has 1 aliphatic heterocycles. The van der Waals surface area contributed by atoms with Gasteiger partial charge in [0, 0.05) is 54.1 Å². The van der Waals surface area contributed by atoms with Crippen LogP contribution in [-0.2, 0) is 18.2 Å². The SMILES string of the molecule is Cn1cc(-c2cccc(-c3ncc(-c4cnn([C@@H]5CCC[S@@+]([O-])C5)c4)cn3)c2)cn1. The van der Waals surface area contributed by atoms with E-state index < -0.39 is 11.2 Å². The largest absolute Gasteiger partial charge is 0.616 e. The number of hydrogen-bond acceptors (Lipinski definition) is 5. The molecule has 7 nitrogen and oxygen atoms in total. The van der Waals surface area contributed by atoms with Gasteiger partial charge >= 0.3 is 0 Å². The average molecular weight is 419 g/mol. The first-order valence-electron chi connectivity index (χ1n) is 9.97. The summed E-state index contributed by atoms with van der Waals surface area (Å²) in [6.45, 7) is 0. The predicted molar refractivity (Wildman–Crippen MR) is 117 cm³/mol. The third-order valence-corrected chi connectivity index (χ3v) is 6.91. The van der Waals surface area contributed by atoms with E-state index in [4.69, 9.17) is 0 Å². The standard InChI is InChI=1S/C22H22N6OS/c1-27-13-19(11-25-27)16-4-2-5-17(8-16)22-23-9-18(10-24-22)20-12-26-28(14-20)21-6-3-7-30(29)15-21/h2,4-5,8-14,21H,3,6-7,15H2,1H3/t21-,30-/m1/s1. The van der Waals surface area contributed by atoms with E-state index in [1.807, 2.05) is 61.0 Å². The molecular weight excluding hydrogens is 396 g/mol. The van der Waals surface area contributed by atoms with Crippen molar-refractivity contribution in [1.29, 1.82) is 0 Å². The molecule has 2 atom stereocenters. The van der Waals surface area contributed by atoms with Crippen LogP contribution in [0.25, 0.3) is 33.6 Å². The molecule has 1 fully saturated rings. The van der Waals surface area contributed by atoms with Gasteiger partial charge in [0.1, 0.15) is 11.5 Å². The summed E-state index contributed by atoms with van der Waals surface area (Å²) in [6.07, 6.45) is 13.4. The van der Waals surface area contributed by atoms with Crippen LogP contribution in [0.15, 0.2) is 61.4 Å². The fraction of sp³-hybridized carbons (Fsp3) is 0.273. The van der Waals surface area contributed by atoms with E-state index in [0.29, 0.717) is 11.6 Å². The molecule has 0 spiro atoms. The van der Waals surface area contributed by atoms with Crippen molar-refractivity contribution in [1.82, 2.24) is 29.5 Å². The summed E-state index contributed by atoms with van der Waals surface area (Å²) in [7, 11) is 1.91. The van der Waals surface area contributed by atoms with Gasteiger partial charge in [-0.25, -0.2) is 9.97 Å². The highest BCUT2D eigenvalue weighted by Gasteiger charge is 2.25. The van der Waals surface area contributed by atoms with Crippen molar-refractivity contribution in [3.05, 3.63) is 61.4 Å². The second-order valence-corrected chi connectivity index (χ2v) is 9.22. The number of hydrogen-bond donors (Lipinski definition) is 0. The van der Waals surface area contributed by atoms with Gasteiger partial charge in [-0.3, -0.25) is 9.36 Å². The topological polar surface area (TPSA) is 84.5 Å². The van der Waals surface area contributed by atoms with E-state index in [9.17, 15) is 4.55 Å². The number of nitrogens with zero attached hydrogens (tertiary/aromatic N) is 6. The second kappa shape index (κ2) is 8.04. The molecule has 0 unspecified atom stereocenters. The molecule has 0 bridgehead atoms. The lowest BCUT2D eigenvalue weighted by molar-refractivity contribution is 0.435. The van der Waals surface area contributed by atoms with E-state index in [2.05, 4.69) is 32.3 Å². The Hall–Kier alpha value is -2.97. The van der Waals surface area contributed by atoms with Gasteiger partial charge in [0.2, 0.25) is 0 Å². The molecule has 30 heavy (non-hydrogen) atoms. The van der Waals surface area contributed by atoms with Crippen LogP contribution in [0.4, 0.5) is 0 Å². The summed E-state index contributed by atoms with van der Waals surface area (Å²) >= 11 is -0.736. The van der Waals surface area contributed by atoms with Gasteiger partial charge in [-0.05, 0) is 24.5 Å². The Bertz CT molecular complexity index is 1150. The molecule has 4 aromatic rings. The van der Waals surface area contributed by atoms with Crippen molar-refractivity contribution < 1.29 is 4.55 Å². The van der Waals surface area contributed by atoms with Crippen LogP contribution in [0, 0.1) is 0 Å². The molecule has 3 aromatic heterocycles. The maximum Gasteiger partial charge on any atom is 0.159 e. The monoisotopic (exact) mass is 418 g/mol. The molecule has 1 aromatic carbocycles. The summed E-state index contributed by atoms with van der Waals surface area (Å²) in [4.78, 5) is 9.16. The normalized spacial score (nSPS) is 19.1. The maximum atomic E-state index is 11.9. The van der Waals surface area contributed by atoms with Gasteiger partial charge in [-0.2, -0.15) is 10.2 Å². The highest BCUT2D eigenvalue weighted by atomic mass is 32.2. The van der Waals surface area contributed by atoms with Gasteiger partial charge in [-0.15, -0.1) is 0 Å². The Morgan fingerprint density at radius 2 is 1.70 bits per heavy atom. The minimum atomic E-state index is -0.736. The Kier molecular flexibility index (Phi) is 5.10. The van der Waals surface area contributed by atoms with Gasteiger partial charge in [0.25, 0.3) is 0 Å². The Labute approximate surface area is 178 Å². The number of aryl methyl sites for hydroxylation is 1. The predicted octanol–water partition coefficient (Wildman–Crippen LogP) is 3.49. The molecule has 0 aliphatic carbocycles. The molecule has 152 valence electrons. The van der Waals surface area contributed by atoms with E-state index in [1.54, 1.807) is 4.68 Å². The average Bonchev–Trinajstić information content (AvgIpc) is 3.44. The molecule has 0 saturated carbocycles. The Morgan fingerprint density at radius 1 is 0.933 bits per heavy atom. The van der Waals surface area contributed by atoms with Gasteiger partial charge < -0.3 is 4.55 Å². The van der Waals surface area contributed by atoms with Crippen molar-refractivity contribution in [2.45, 2.75) is 18.9 Å². The molecule has 0 N–H and O–H groups in total. The summed E-state index contributed by atoms with van der Waals surface area (Å²) in [6, 6.07) is 8.36. The lowest BCUT2D eigenvalue weighted by Gasteiger charge is -2.24. The third kappa shape index (κ3) is 3.88. The fourth-order valence-corrected chi connectivity index (χ4v) is 5.19. The lowest BCUT2D eigenvalue weighted by Crippen LogP contribution is -2.27. The summed E-state index contributed by atoms with van der Waals surface area (Å²) in [5, 5.41) is 8.74. The van der Waals surface area contributed by atoms with Gasteiger partial charge in [0.05, 0.1) is 18.4 Å². The molecule has 0 radical (unpaired) electrons. The minimum absolute atomic E-state index is 0.212. The lowest BCUT2D eigenvalue weighted by atomic mass is 10.1. The molecule has 1 saturated heterocycles. The first-order valence-corrected chi connectivity index (χ1v) is 11.5. The van der Waals surface area contributed by atoms with Crippen LogP contribution in [-0.4, -0.2) is 45.6 Å². The van der Waals surface area contributed by atoms with Crippen molar-refractivity contribution in [2.24, 2.45) is 7.05 Å². The van der Waals surface area contributed by atoms with Gasteiger partial charge in [0.15, 0.2) is 5.82 Å². The second-order valence-electron chi connectivity index (χ2n) is 7.59. The van der Waals surface area contributed by atoms with E-state index in [1.165, 1.54) is 0 Å². The minimum Gasteiger partial charge on any atom is -0.616 e. The molecule has 4 heterocycles. The smallest absolute Gasteiger partial charge is 0.159 e. The first kappa shape index (κ1) is 19.0. The Morgan fingerprint density at radius 3 is 2.47 bits per heavy atom. The molecule has 8 heteroatoms. The summed E-state index contributed by atoms with van der Waals surface area (Å²) in [5.74, 6) is 2.17. The third-order valence-electron chi connectivity index (χ3n) is 5.41. The quantitative estimate of drug-likeness (QED) is 0.474.